The average Bonchev–Trinajstić information content (AvgIpc) is 3.08. The molecule has 1 atom stereocenters. The highest BCUT2D eigenvalue weighted by Crippen LogP contribution is 2.27. The van der Waals surface area contributed by atoms with Gasteiger partial charge >= 0.3 is 5.97 Å². The Balaban J connectivity index is 1.34. The molecule has 0 aliphatic carbocycles. The Hall–Kier alpha value is -3.75. The van der Waals surface area contributed by atoms with E-state index in [9.17, 15) is 23.6 Å². The maximum absolute atomic E-state index is 13.1. The summed E-state index contributed by atoms with van der Waals surface area (Å²) in [5.41, 5.74) is 1.38. The normalized spacial score (nSPS) is 16.6. The summed E-state index contributed by atoms with van der Waals surface area (Å²) in [4.78, 5) is 55.7. The van der Waals surface area contributed by atoms with E-state index in [1.807, 2.05) is 4.90 Å². The number of carbonyl (C=O) groups is 4. The number of amides is 3. The molecule has 2 aromatic rings. The molecule has 4 rings (SSSR count). The average molecular weight is 467 g/mol. The fourth-order valence-electron chi connectivity index (χ4n) is 4.31. The van der Waals surface area contributed by atoms with Crippen molar-refractivity contribution < 1.29 is 28.3 Å². The minimum atomic E-state index is -1.13. The van der Waals surface area contributed by atoms with Crippen molar-refractivity contribution in [2.45, 2.75) is 19.9 Å². The number of halogens is 1. The van der Waals surface area contributed by atoms with E-state index in [1.165, 1.54) is 12.1 Å². The van der Waals surface area contributed by atoms with Crippen LogP contribution in [0.5, 0.6) is 0 Å². The van der Waals surface area contributed by atoms with Crippen molar-refractivity contribution in [1.82, 2.24) is 9.80 Å². The standard InChI is InChI=1S/C25H26FN3O5/c1-16(2)22(29-23(31)19-5-3-4-6-20(19)24(29)32)25(33)34-15-21(30)28-13-11-27(12-14-28)18-9-7-17(26)8-10-18/h3-10,16,22H,11-15H2,1-2H3/t22-/m0/s1. The Morgan fingerprint density at radius 1 is 0.912 bits per heavy atom. The predicted octanol–water partition coefficient (Wildman–Crippen LogP) is 2.34. The second kappa shape index (κ2) is 9.62. The quantitative estimate of drug-likeness (QED) is 0.479. The molecule has 3 amide bonds. The van der Waals surface area contributed by atoms with Crippen LogP contribution in [0.2, 0.25) is 0 Å². The Labute approximate surface area is 196 Å². The van der Waals surface area contributed by atoms with Crippen molar-refractivity contribution >= 4 is 29.4 Å². The zero-order valence-corrected chi connectivity index (χ0v) is 19.1. The van der Waals surface area contributed by atoms with Crippen LogP contribution in [-0.2, 0) is 14.3 Å². The predicted molar refractivity (Wildman–Crippen MR) is 122 cm³/mol. The smallest absolute Gasteiger partial charge is 0.330 e. The molecule has 1 fully saturated rings. The van der Waals surface area contributed by atoms with Gasteiger partial charge in [-0.1, -0.05) is 26.0 Å². The lowest BCUT2D eigenvalue weighted by Crippen LogP contribution is -2.51. The van der Waals surface area contributed by atoms with Crippen LogP contribution >= 0.6 is 0 Å². The first kappa shape index (κ1) is 23.4. The molecule has 0 saturated carbocycles. The van der Waals surface area contributed by atoms with Crippen LogP contribution in [0, 0.1) is 11.7 Å². The van der Waals surface area contributed by atoms with E-state index >= 15 is 0 Å². The lowest BCUT2D eigenvalue weighted by molar-refractivity contribution is -0.156. The largest absolute Gasteiger partial charge is 0.454 e. The van der Waals surface area contributed by atoms with E-state index < -0.39 is 36.4 Å². The summed E-state index contributed by atoms with van der Waals surface area (Å²) in [5.74, 6) is -2.93. The summed E-state index contributed by atoms with van der Waals surface area (Å²) in [6.45, 7) is 4.95. The van der Waals surface area contributed by atoms with Crippen LogP contribution in [0.3, 0.4) is 0 Å². The SMILES string of the molecule is CC(C)[C@@H](C(=O)OCC(=O)N1CCN(c2ccc(F)cc2)CC1)N1C(=O)c2ccccc2C1=O. The first-order valence-corrected chi connectivity index (χ1v) is 11.2. The molecule has 0 radical (unpaired) electrons. The van der Waals surface area contributed by atoms with Gasteiger partial charge in [0.05, 0.1) is 11.1 Å². The van der Waals surface area contributed by atoms with Gasteiger partial charge in [-0.25, -0.2) is 9.18 Å². The number of esters is 1. The fraction of sp³-hybridized carbons (Fsp3) is 0.360. The number of rotatable bonds is 6. The highest BCUT2D eigenvalue weighted by atomic mass is 19.1. The molecule has 8 nitrogen and oxygen atoms in total. The van der Waals surface area contributed by atoms with Crippen molar-refractivity contribution in [3.63, 3.8) is 0 Å². The van der Waals surface area contributed by atoms with E-state index in [0.29, 0.717) is 26.2 Å². The van der Waals surface area contributed by atoms with Crippen LogP contribution in [0.25, 0.3) is 0 Å². The summed E-state index contributed by atoms with van der Waals surface area (Å²) >= 11 is 0. The third kappa shape index (κ3) is 4.50. The molecule has 0 unspecified atom stereocenters. The van der Waals surface area contributed by atoms with Crippen molar-refractivity contribution in [3.8, 4) is 0 Å². The number of imide groups is 1. The zero-order chi connectivity index (χ0) is 24.4. The Bertz CT molecular complexity index is 1070. The lowest BCUT2D eigenvalue weighted by atomic mass is 10.0. The molecule has 0 N–H and O–H groups in total. The van der Waals surface area contributed by atoms with Gasteiger partial charge in [0.1, 0.15) is 11.9 Å². The van der Waals surface area contributed by atoms with Gasteiger partial charge in [0.15, 0.2) is 6.61 Å². The summed E-state index contributed by atoms with van der Waals surface area (Å²) < 4.78 is 18.4. The van der Waals surface area contributed by atoms with Crippen molar-refractivity contribution in [3.05, 3.63) is 65.5 Å². The van der Waals surface area contributed by atoms with E-state index in [4.69, 9.17) is 4.74 Å². The number of carbonyl (C=O) groups excluding carboxylic acids is 4. The van der Waals surface area contributed by atoms with E-state index in [-0.39, 0.29) is 22.9 Å². The molecular formula is C25H26FN3O5. The van der Waals surface area contributed by atoms with Crippen molar-refractivity contribution in [2.24, 2.45) is 5.92 Å². The van der Waals surface area contributed by atoms with Crippen LogP contribution in [-0.4, -0.2) is 72.3 Å². The topological polar surface area (TPSA) is 87.2 Å². The second-order valence-corrected chi connectivity index (χ2v) is 8.67. The van der Waals surface area contributed by atoms with Crippen LogP contribution < -0.4 is 4.90 Å². The van der Waals surface area contributed by atoms with Crippen LogP contribution in [0.1, 0.15) is 34.6 Å². The van der Waals surface area contributed by atoms with Gasteiger partial charge in [0.25, 0.3) is 17.7 Å². The number of hydrogen-bond donors (Lipinski definition) is 0. The van der Waals surface area contributed by atoms with Gasteiger partial charge in [0, 0.05) is 31.9 Å². The summed E-state index contributed by atoms with van der Waals surface area (Å²) in [7, 11) is 0. The number of piperazine rings is 1. The van der Waals surface area contributed by atoms with Gasteiger partial charge in [-0.2, -0.15) is 0 Å². The van der Waals surface area contributed by atoms with Gasteiger partial charge in [0.2, 0.25) is 0 Å². The van der Waals surface area contributed by atoms with E-state index in [2.05, 4.69) is 0 Å². The molecule has 2 aromatic carbocycles. The second-order valence-electron chi connectivity index (χ2n) is 8.67. The molecule has 34 heavy (non-hydrogen) atoms. The number of ether oxygens (including phenoxy) is 1. The van der Waals surface area contributed by atoms with Gasteiger partial charge in [-0.3, -0.25) is 19.3 Å². The van der Waals surface area contributed by atoms with Gasteiger partial charge < -0.3 is 14.5 Å². The molecule has 2 heterocycles. The Kier molecular flexibility index (Phi) is 6.63. The molecule has 178 valence electrons. The number of anilines is 1. The number of fused-ring (bicyclic) bond motifs is 1. The molecular weight excluding hydrogens is 441 g/mol. The minimum Gasteiger partial charge on any atom is -0.454 e. The molecule has 0 spiro atoms. The third-order valence-electron chi connectivity index (χ3n) is 6.14. The van der Waals surface area contributed by atoms with Crippen molar-refractivity contribution in [2.75, 3.05) is 37.7 Å². The molecule has 2 aliphatic rings. The number of hydrogen-bond acceptors (Lipinski definition) is 6. The van der Waals surface area contributed by atoms with Crippen LogP contribution in [0.15, 0.2) is 48.5 Å². The van der Waals surface area contributed by atoms with E-state index in [1.54, 1.807) is 55.1 Å². The molecule has 2 aliphatic heterocycles. The number of benzene rings is 2. The lowest BCUT2D eigenvalue weighted by Gasteiger charge is -2.36. The maximum Gasteiger partial charge on any atom is 0.330 e. The third-order valence-corrected chi connectivity index (χ3v) is 6.14. The zero-order valence-electron chi connectivity index (χ0n) is 19.1. The molecule has 0 bridgehead atoms. The van der Waals surface area contributed by atoms with Gasteiger partial charge in [-0.15, -0.1) is 0 Å². The van der Waals surface area contributed by atoms with Crippen molar-refractivity contribution in [1.29, 1.82) is 0 Å². The Morgan fingerprint density at radius 3 is 2.00 bits per heavy atom. The first-order valence-electron chi connectivity index (χ1n) is 11.2. The minimum absolute atomic E-state index is 0.251. The summed E-state index contributed by atoms with van der Waals surface area (Å²) in [6, 6.07) is 11.5. The summed E-state index contributed by atoms with van der Waals surface area (Å²) in [5, 5.41) is 0. The highest BCUT2D eigenvalue weighted by Gasteiger charge is 2.44. The monoisotopic (exact) mass is 467 g/mol. The first-order chi connectivity index (χ1) is 16.3. The fourth-order valence-corrected chi connectivity index (χ4v) is 4.31. The number of nitrogens with zero attached hydrogens (tertiary/aromatic N) is 3. The molecule has 9 heteroatoms. The van der Waals surface area contributed by atoms with E-state index in [0.717, 1.165) is 10.6 Å². The molecule has 0 aromatic heterocycles. The van der Waals surface area contributed by atoms with Crippen LogP contribution in [0.4, 0.5) is 10.1 Å². The molecule has 1 saturated heterocycles. The summed E-state index contributed by atoms with van der Waals surface area (Å²) in [6.07, 6.45) is 0. The maximum atomic E-state index is 13.1. The van der Waals surface area contributed by atoms with Gasteiger partial charge in [-0.05, 0) is 42.3 Å². The Morgan fingerprint density at radius 2 is 1.47 bits per heavy atom. The highest BCUT2D eigenvalue weighted by molar-refractivity contribution is 6.22.